The van der Waals surface area contributed by atoms with E-state index in [0.29, 0.717) is 12.4 Å². The van der Waals surface area contributed by atoms with Crippen LogP contribution in [0.3, 0.4) is 0 Å². The van der Waals surface area contributed by atoms with E-state index >= 15 is 0 Å². The Kier molecular flexibility index (Phi) is 3.19. The Labute approximate surface area is 94.4 Å². The van der Waals surface area contributed by atoms with Crippen LogP contribution in [-0.2, 0) is 11.3 Å². The molecule has 0 saturated carbocycles. The first-order chi connectivity index (χ1) is 7.66. The number of carbonyl (C=O) groups excluding carboxylic acids is 1. The molecular weight excluding hydrogens is 206 g/mol. The third-order valence-electron chi connectivity index (χ3n) is 2.76. The zero-order valence-electron chi connectivity index (χ0n) is 9.66. The number of rotatable bonds is 3. The van der Waals surface area contributed by atoms with E-state index in [2.05, 4.69) is 20.5 Å². The Hall–Kier alpha value is -1.43. The van der Waals surface area contributed by atoms with Gasteiger partial charge in [0.15, 0.2) is 5.82 Å². The van der Waals surface area contributed by atoms with Crippen LogP contribution in [0.2, 0.25) is 0 Å². The molecule has 0 radical (unpaired) electrons. The normalized spacial score (nSPS) is 20.0. The van der Waals surface area contributed by atoms with Gasteiger partial charge in [0.25, 0.3) is 0 Å². The smallest absolute Gasteiger partial charge is 0.239 e. The molecule has 2 rings (SSSR count). The monoisotopic (exact) mass is 223 g/mol. The van der Waals surface area contributed by atoms with E-state index in [1.807, 2.05) is 6.92 Å². The largest absolute Gasteiger partial charge is 0.337 e. The number of amides is 1. The third kappa shape index (κ3) is 2.38. The molecule has 6 nitrogen and oxygen atoms in total. The Morgan fingerprint density at radius 2 is 2.44 bits per heavy atom. The highest BCUT2D eigenvalue weighted by Crippen LogP contribution is 2.09. The summed E-state index contributed by atoms with van der Waals surface area (Å²) in [5.41, 5.74) is 0. The number of likely N-dealkylation sites (N-methyl/N-ethyl adjacent to an activating group) is 1. The van der Waals surface area contributed by atoms with Gasteiger partial charge in [-0.1, -0.05) is 0 Å². The van der Waals surface area contributed by atoms with Crippen molar-refractivity contribution in [2.24, 2.45) is 0 Å². The summed E-state index contributed by atoms with van der Waals surface area (Å²) in [7, 11) is 1.79. The molecule has 1 aliphatic rings. The van der Waals surface area contributed by atoms with E-state index in [-0.39, 0.29) is 11.9 Å². The molecule has 2 N–H and O–H groups in total. The fourth-order valence-corrected chi connectivity index (χ4v) is 1.91. The highest BCUT2D eigenvalue weighted by atomic mass is 16.2. The summed E-state index contributed by atoms with van der Waals surface area (Å²) in [6.45, 7) is 3.24. The Bertz CT molecular complexity index is 369. The van der Waals surface area contributed by atoms with Crippen molar-refractivity contribution in [3.63, 3.8) is 0 Å². The topological polar surface area (TPSA) is 73.9 Å². The maximum Gasteiger partial charge on any atom is 0.239 e. The van der Waals surface area contributed by atoms with Crippen LogP contribution >= 0.6 is 0 Å². The van der Waals surface area contributed by atoms with Crippen molar-refractivity contribution in [3.8, 4) is 0 Å². The first-order valence-electron chi connectivity index (χ1n) is 5.53. The Balaban J connectivity index is 1.91. The number of aromatic nitrogens is 3. The molecule has 0 aliphatic carbocycles. The van der Waals surface area contributed by atoms with E-state index in [9.17, 15) is 4.79 Å². The molecule has 0 aromatic carbocycles. The van der Waals surface area contributed by atoms with Crippen LogP contribution in [0.25, 0.3) is 0 Å². The van der Waals surface area contributed by atoms with Crippen LogP contribution in [-0.4, -0.2) is 45.6 Å². The predicted octanol–water partition coefficient (Wildman–Crippen LogP) is -0.176. The molecule has 0 unspecified atom stereocenters. The summed E-state index contributed by atoms with van der Waals surface area (Å²) >= 11 is 0. The van der Waals surface area contributed by atoms with Crippen molar-refractivity contribution >= 4 is 5.91 Å². The minimum absolute atomic E-state index is 0.0231. The van der Waals surface area contributed by atoms with Crippen molar-refractivity contribution in [1.82, 2.24) is 25.4 Å². The predicted molar refractivity (Wildman–Crippen MR) is 58.6 cm³/mol. The second-order valence-corrected chi connectivity index (χ2v) is 4.18. The maximum absolute atomic E-state index is 12.0. The number of hydrogen-bond donors (Lipinski definition) is 2. The fraction of sp³-hybridized carbons (Fsp3) is 0.700. The molecule has 1 saturated heterocycles. The average molecular weight is 223 g/mol. The van der Waals surface area contributed by atoms with Crippen LogP contribution in [0, 0.1) is 6.92 Å². The second kappa shape index (κ2) is 4.61. The zero-order chi connectivity index (χ0) is 11.5. The lowest BCUT2D eigenvalue weighted by atomic mass is 10.2. The lowest BCUT2D eigenvalue weighted by molar-refractivity contribution is -0.132. The molecular formula is C10H17N5O. The van der Waals surface area contributed by atoms with Gasteiger partial charge in [0.05, 0.1) is 12.6 Å². The van der Waals surface area contributed by atoms with Gasteiger partial charge in [0.2, 0.25) is 5.91 Å². The van der Waals surface area contributed by atoms with Gasteiger partial charge in [-0.15, -0.1) is 0 Å². The number of carbonyl (C=O) groups is 1. The molecule has 1 aromatic heterocycles. The standard InChI is InChI=1S/C10H17N5O/c1-7-12-9(14-13-7)6-15(2)10(16)8-4-3-5-11-8/h8,11H,3-6H2,1-2H3,(H,12,13,14)/t8-/m0/s1. The SMILES string of the molecule is Cc1nc(CN(C)C(=O)[C@@H]2CCCN2)n[nH]1. The van der Waals surface area contributed by atoms with Gasteiger partial charge >= 0.3 is 0 Å². The van der Waals surface area contributed by atoms with E-state index in [4.69, 9.17) is 0 Å². The van der Waals surface area contributed by atoms with E-state index in [1.54, 1.807) is 11.9 Å². The van der Waals surface area contributed by atoms with Gasteiger partial charge in [-0.3, -0.25) is 9.89 Å². The number of hydrogen-bond acceptors (Lipinski definition) is 4. The van der Waals surface area contributed by atoms with Gasteiger partial charge in [0, 0.05) is 7.05 Å². The zero-order valence-corrected chi connectivity index (χ0v) is 9.66. The number of nitrogens with one attached hydrogen (secondary N) is 2. The van der Waals surface area contributed by atoms with Gasteiger partial charge in [-0.2, -0.15) is 5.10 Å². The van der Waals surface area contributed by atoms with Crippen LogP contribution in [0.5, 0.6) is 0 Å². The molecule has 1 fully saturated rings. The molecule has 1 amide bonds. The number of aromatic amines is 1. The summed E-state index contributed by atoms with van der Waals surface area (Å²) in [5, 5.41) is 9.97. The Morgan fingerprint density at radius 3 is 3.00 bits per heavy atom. The first-order valence-corrected chi connectivity index (χ1v) is 5.53. The third-order valence-corrected chi connectivity index (χ3v) is 2.76. The molecule has 0 spiro atoms. The van der Waals surface area contributed by atoms with Gasteiger partial charge < -0.3 is 10.2 Å². The minimum Gasteiger partial charge on any atom is -0.337 e. The van der Waals surface area contributed by atoms with Crippen molar-refractivity contribution in [2.75, 3.05) is 13.6 Å². The fourth-order valence-electron chi connectivity index (χ4n) is 1.91. The highest BCUT2D eigenvalue weighted by molar-refractivity contribution is 5.81. The van der Waals surface area contributed by atoms with E-state index in [0.717, 1.165) is 25.2 Å². The summed E-state index contributed by atoms with van der Waals surface area (Å²) in [5.74, 6) is 1.56. The Morgan fingerprint density at radius 1 is 1.62 bits per heavy atom. The molecule has 1 atom stereocenters. The van der Waals surface area contributed by atoms with Crippen LogP contribution < -0.4 is 5.32 Å². The minimum atomic E-state index is -0.0231. The van der Waals surface area contributed by atoms with Gasteiger partial charge in [0.1, 0.15) is 5.82 Å². The molecule has 1 aromatic rings. The lowest BCUT2D eigenvalue weighted by Gasteiger charge is -2.19. The van der Waals surface area contributed by atoms with E-state index < -0.39 is 0 Å². The van der Waals surface area contributed by atoms with E-state index in [1.165, 1.54) is 0 Å². The van der Waals surface area contributed by atoms with Crippen LogP contribution in [0.15, 0.2) is 0 Å². The maximum atomic E-state index is 12.0. The molecule has 2 heterocycles. The van der Waals surface area contributed by atoms with Crippen molar-refractivity contribution < 1.29 is 4.79 Å². The van der Waals surface area contributed by atoms with Crippen LogP contribution in [0.4, 0.5) is 0 Å². The number of nitrogens with zero attached hydrogens (tertiary/aromatic N) is 3. The average Bonchev–Trinajstić information content (AvgIpc) is 2.88. The molecule has 88 valence electrons. The summed E-state index contributed by atoms with van der Waals surface area (Å²) < 4.78 is 0. The summed E-state index contributed by atoms with van der Waals surface area (Å²) in [6, 6.07) is -0.0231. The van der Waals surface area contributed by atoms with Crippen LogP contribution in [0.1, 0.15) is 24.5 Å². The number of aryl methyl sites for hydroxylation is 1. The molecule has 0 bridgehead atoms. The highest BCUT2D eigenvalue weighted by Gasteiger charge is 2.25. The molecule has 6 heteroatoms. The lowest BCUT2D eigenvalue weighted by Crippen LogP contribution is -2.41. The molecule has 16 heavy (non-hydrogen) atoms. The van der Waals surface area contributed by atoms with Crippen molar-refractivity contribution in [2.45, 2.75) is 32.4 Å². The molecule has 1 aliphatic heterocycles. The summed E-state index contributed by atoms with van der Waals surface area (Å²) in [4.78, 5) is 17.8. The number of H-pyrrole nitrogens is 1. The van der Waals surface area contributed by atoms with Gasteiger partial charge in [-0.25, -0.2) is 4.98 Å². The van der Waals surface area contributed by atoms with Gasteiger partial charge in [-0.05, 0) is 26.3 Å². The van der Waals surface area contributed by atoms with Crippen molar-refractivity contribution in [1.29, 1.82) is 0 Å². The first kappa shape index (κ1) is 11.1. The quantitative estimate of drug-likeness (QED) is 0.745. The second-order valence-electron chi connectivity index (χ2n) is 4.18. The van der Waals surface area contributed by atoms with Crippen molar-refractivity contribution in [3.05, 3.63) is 11.6 Å². The summed E-state index contributed by atoms with van der Waals surface area (Å²) in [6.07, 6.45) is 2.00.